The molecule has 0 aliphatic carbocycles. The first-order valence-electron chi connectivity index (χ1n) is 7.16. The second kappa shape index (κ2) is 6.96. The van der Waals surface area contributed by atoms with E-state index in [0.29, 0.717) is 6.04 Å². The molecule has 1 rings (SSSR count). The Balaban J connectivity index is 2.86. The van der Waals surface area contributed by atoms with Crippen LogP contribution in [-0.2, 0) is 13.5 Å². The molecule has 6 heteroatoms. The molecule has 0 radical (unpaired) electrons. The molecular formula is C13H28N6. The van der Waals surface area contributed by atoms with Crippen LogP contribution in [0.3, 0.4) is 0 Å². The van der Waals surface area contributed by atoms with Crippen LogP contribution in [0.5, 0.6) is 0 Å². The first kappa shape index (κ1) is 16.0. The minimum atomic E-state index is 0.0543. The van der Waals surface area contributed by atoms with E-state index in [1.807, 2.05) is 0 Å². The third kappa shape index (κ3) is 3.98. The van der Waals surface area contributed by atoms with Crippen molar-refractivity contribution >= 4 is 0 Å². The topological polar surface area (TPSA) is 58.9 Å². The van der Waals surface area contributed by atoms with Gasteiger partial charge >= 0.3 is 0 Å². The van der Waals surface area contributed by atoms with Gasteiger partial charge in [-0.05, 0) is 38.7 Å². The SMILES string of the molecule is CCNC(Cc1nnn(C)n1)C(C)(C)N(CC)CC. The monoisotopic (exact) mass is 268 g/mol. The fourth-order valence-corrected chi connectivity index (χ4v) is 2.66. The zero-order chi connectivity index (χ0) is 14.5. The Morgan fingerprint density at radius 2 is 1.89 bits per heavy atom. The normalized spacial score (nSPS) is 14.1. The molecule has 1 heterocycles. The van der Waals surface area contributed by atoms with E-state index < -0.39 is 0 Å². The second-order valence-corrected chi connectivity index (χ2v) is 5.34. The lowest BCUT2D eigenvalue weighted by Gasteiger charge is -2.43. The Bertz CT molecular complexity index is 369. The van der Waals surface area contributed by atoms with Crippen molar-refractivity contribution in [2.24, 2.45) is 7.05 Å². The van der Waals surface area contributed by atoms with Crippen LogP contribution in [0.1, 0.15) is 40.4 Å². The van der Waals surface area contributed by atoms with Crippen molar-refractivity contribution in [2.75, 3.05) is 19.6 Å². The lowest BCUT2D eigenvalue weighted by atomic mass is 9.89. The summed E-state index contributed by atoms with van der Waals surface area (Å²) in [6.07, 6.45) is 0.797. The van der Waals surface area contributed by atoms with Crippen molar-refractivity contribution in [3.8, 4) is 0 Å². The molecule has 1 aromatic rings. The van der Waals surface area contributed by atoms with Gasteiger partial charge in [0.05, 0.1) is 7.05 Å². The molecule has 1 atom stereocenters. The highest BCUT2D eigenvalue weighted by Crippen LogP contribution is 2.21. The Morgan fingerprint density at radius 3 is 2.32 bits per heavy atom. The minimum Gasteiger partial charge on any atom is -0.312 e. The highest BCUT2D eigenvalue weighted by Gasteiger charge is 2.34. The van der Waals surface area contributed by atoms with E-state index in [1.54, 1.807) is 7.05 Å². The standard InChI is InChI=1S/C13H28N6/c1-7-14-11(10-12-15-17-18(6)16-12)13(4,5)19(8-2)9-3/h11,14H,7-10H2,1-6H3. The number of rotatable bonds is 8. The van der Waals surface area contributed by atoms with E-state index in [1.165, 1.54) is 4.80 Å². The van der Waals surface area contributed by atoms with Gasteiger partial charge in [0, 0.05) is 18.0 Å². The van der Waals surface area contributed by atoms with Gasteiger partial charge in [-0.15, -0.1) is 10.2 Å². The number of nitrogens with one attached hydrogen (secondary N) is 1. The van der Waals surface area contributed by atoms with Gasteiger partial charge in [-0.2, -0.15) is 4.80 Å². The molecule has 0 aromatic carbocycles. The van der Waals surface area contributed by atoms with Gasteiger partial charge in [0.2, 0.25) is 0 Å². The Kier molecular flexibility index (Phi) is 5.87. The maximum atomic E-state index is 4.29. The molecule has 1 N–H and O–H groups in total. The smallest absolute Gasteiger partial charge is 0.176 e. The summed E-state index contributed by atoms with van der Waals surface area (Å²) in [4.78, 5) is 3.99. The summed E-state index contributed by atoms with van der Waals surface area (Å²) in [5.74, 6) is 0.800. The first-order valence-corrected chi connectivity index (χ1v) is 7.16. The number of nitrogens with zero attached hydrogens (tertiary/aromatic N) is 5. The summed E-state index contributed by atoms with van der Waals surface area (Å²) in [6, 6.07) is 0.307. The van der Waals surface area contributed by atoms with Gasteiger partial charge in [0.15, 0.2) is 5.82 Å². The Labute approximate surface area is 116 Å². The van der Waals surface area contributed by atoms with Crippen molar-refractivity contribution in [1.82, 2.24) is 30.4 Å². The molecule has 1 unspecified atom stereocenters. The summed E-state index contributed by atoms with van der Waals surface area (Å²) < 4.78 is 0. The third-order valence-electron chi connectivity index (χ3n) is 3.82. The van der Waals surface area contributed by atoms with Crippen LogP contribution in [0.4, 0.5) is 0 Å². The summed E-state index contributed by atoms with van der Waals surface area (Å²) in [7, 11) is 1.80. The summed E-state index contributed by atoms with van der Waals surface area (Å²) in [5, 5.41) is 15.9. The summed E-state index contributed by atoms with van der Waals surface area (Å²) in [6.45, 7) is 14.1. The largest absolute Gasteiger partial charge is 0.312 e. The molecule has 0 aliphatic rings. The molecule has 1 aromatic heterocycles. The van der Waals surface area contributed by atoms with E-state index in [0.717, 1.165) is 31.9 Å². The van der Waals surface area contributed by atoms with Crippen LogP contribution >= 0.6 is 0 Å². The van der Waals surface area contributed by atoms with Gasteiger partial charge in [0.1, 0.15) is 0 Å². The van der Waals surface area contributed by atoms with Gasteiger partial charge < -0.3 is 5.32 Å². The van der Waals surface area contributed by atoms with E-state index in [-0.39, 0.29) is 5.54 Å². The van der Waals surface area contributed by atoms with Crippen molar-refractivity contribution in [1.29, 1.82) is 0 Å². The summed E-state index contributed by atoms with van der Waals surface area (Å²) >= 11 is 0. The lowest BCUT2D eigenvalue weighted by Crippen LogP contribution is -2.58. The molecule has 19 heavy (non-hydrogen) atoms. The van der Waals surface area contributed by atoms with E-state index in [2.05, 4.69) is 60.2 Å². The van der Waals surface area contributed by atoms with Crippen LogP contribution in [0.15, 0.2) is 0 Å². The highest BCUT2D eigenvalue weighted by molar-refractivity contribution is 4.98. The molecule has 0 spiro atoms. The third-order valence-corrected chi connectivity index (χ3v) is 3.82. The van der Waals surface area contributed by atoms with Crippen LogP contribution in [0.25, 0.3) is 0 Å². The van der Waals surface area contributed by atoms with Crippen LogP contribution in [0, 0.1) is 0 Å². The Morgan fingerprint density at radius 1 is 1.26 bits per heavy atom. The van der Waals surface area contributed by atoms with E-state index >= 15 is 0 Å². The number of likely N-dealkylation sites (N-methyl/N-ethyl adjacent to an activating group) is 2. The van der Waals surface area contributed by atoms with Gasteiger partial charge in [-0.1, -0.05) is 20.8 Å². The number of hydrogen-bond donors (Lipinski definition) is 1. The zero-order valence-electron chi connectivity index (χ0n) is 13.1. The fraction of sp³-hybridized carbons (Fsp3) is 0.923. The molecule has 0 saturated heterocycles. The lowest BCUT2D eigenvalue weighted by molar-refractivity contribution is 0.0909. The van der Waals surface area contributed by atoms with Gasteiger partial charge in [-0.3, -0.25) is 4.90 Å². The predicted octanol–water partition coefficient (Wildman–Crippen LogP) is 0.851. The van der Waals surface area contributed by atoms with Crippen LogP contribution in [-0.4, -0.2) is 56.3 Å². The number of aryl methyl sites for hydroxylation is 1. The van der Waals surface area contributed by atoms with Gasteiger partial charge in [0.25, 0.3) is 0 Å². The number of hydrogen-bond acceptors (Lipinski definition) is 5. The highest BCUT2D eigenvalue weighted by atomic mass is 15.6. The molecule has 0 bridgehead atoms. The molecular weight excluding hydrogens is 240 g/mol. The number of tetrazole rings is 1. The predicted molar refractivity (Wildman–Crippen MR) is 77.0 cm³/mol. The molecule has 0 amide bonds. The van der Waals surface area contributed by atoms with Crippen molar-refractivity contribution < 1.29 is 0 Å². The zero-order valence-corrected chi connectivity index (χ0v) is 13.1. The molecule has 0 aliphatic heterocycles. The van der Waals surface area contributed by atoms with Crippen molar-refractivity contribution in [3.63, 3.8) is 0 Å². The first-order chi connectivity index (χ1) is 8.95. The fourth-order valence-electron chi connectivity index (χ4n) is 2.66. The molecule has 0 saturated carbocycles. The van der Waals surface area contributed by atoms with Crippen LogP contribution in [0.2, 0.25) is 0 Å². The minimum absolute atomic E-state index is 0.0543. The molecule has 0 fully saturated rings. The van der Waals surface area contributed by atoms with E-state index in [4.69, 9.17) is 0 Å². The van der Waals surface area contributed by atoms with E-state index in [9.17, 15) is 0 Å². The van der Waals surface area contributed by atoms with Crippen LogP contribution < -0.4 is 5.32 Å². The molecule has 110 valence electrons. The second-order valence-electron chi connectivity index (χ2n) is 5.34. The quantitative estimate of drug-likeness (QED) is 0.757. The van der Waals surface area contributed by atoms with Crippen molar-refractivity contribution in [3.05, 3.63) is 5.82 Å². The van der Waals surface area contributed by atoms with Crippen molar-refractivity contribution in [2.45, 2.75) is 52.6 Å². The average molecular weight is 268 g/mol. The number of aromatic nitrogens is 4. The average Bonchev–Trinajstić information content (AvgIpc) is 2.75. The molecule has 6 nitrogen and oxygen atoms in total. The maximum Gasteiger partial charge on any atom is 0.176 e. The maximum absolute atomic E-state index is 4.29. The summed E-state index contributed by atoms with van der Waals surface area (Å²) in [5.41, 5.74) is 0.0543. The Hall–Kier alpha value is -1.01. The van der Waals surface area contributed by atoms with Gasteiger partial charge in [-0.25, -0.2) is 0 Å².